The summed E-state index contributed by atoms with van der Waals surface area (Å²) in [5.41, 5.74) is 3.16. The van der Waals surface area contributed by atoms with Crippen molar-refractivity contribution in [3.8, 4) is 0 Å². The molecule has 6 saturated carbocycles. The van der Waals surface area contributed by atoms with Gasteiger partial charge >= 0.3 is 0 Å². The predicted molar refractivity (Wildman–Crippen MR) is 382 cm³/mol. The van der Waals surface area contributed by atoms with E-state index >= 15 is 0 Å². The molecule has 0 N–H and O–H groups in total. The lowest BCUT2D eigenvalue weighted by Gasteiger charge is -2.18. The van der Waals surface area contributed by atoms with Crippen molar-refractivity contribution in [1.29, 1.82) is 0 Å². The monoisotopic (exact) mass is 1210 g/mol. The largest absolute Gasteiger partial charge is 0.381 e. The molecule has 6 heteroatoms. The molecular weight excluding hydrogens is 1050 g/mol. The number of rotatable bonds is 0. The van der Waals surface area contributed by atoms with Crippen LogP contribution in [0.5, 0.6) is 0 Å². The molecule has 0 amide bonds. The minimum atomic E-state index is 0.824. The van der Waals surface area contributed by atoms with Gasteiger partial charge in [0.25, 0.3) is 0 Å². The van der Waals surface area contributed by atoms with E-state index in [4.69, 9.17) is 18.9 Å². The third-order valence-electron chi connectivity index (χ3n) is 20.4. The molecule has 86 heavy (non-hydrogen) atoms. The van der Waals surface area contributed by atoms with Gasteiger partial charge in [0, 0.05) is 52.9 Å². The summed E-state index contributed by atoms with van der Waals surface area (Å²) in [4.78, 5) is 4.72. The maximum atomic E-state index is 5.14. The Bertz CT molecular complexity index is 1210. The minimum Gasteiger partial charge on any atom is -0.381 e. The van der Waals surface area contributed by atoms with E-state index in [1.54, 1.807) is 11.1 Å². The van der Waals surface area contributed by atoms with Crippen molar-refractivity contribution in [3.05, 3.63) is 23.3 Å². The second kappa shape index (κ2) is 59.3. The van der Waals surface area contributed by atoms with Crippen LogP contribution in [-0.4, -0.2) is 103 Å². The Hall–Kier alpha value is -0.760. The van der Waals surface area contributed by atoms with Gasteiger partial charge in [0.15, 0.2) is 0 Å². The van der Waals surface area contributed by atoms with E-state index in [2.05, 4.69) is 119 Å². The molecule has 0 spiro atoms. The van der Waals surface area contributed by atoms with E-state index in [0.29, 0.717) is 0 Å². The Morgan fingerprint density at radius 3 is 0.558 bits per heavy atom. The minimum absolute atomic E-state index is 0.824. The molecule has 0 aromatic carbocycles. The molecule has 6 heterocycles. The molecule has 0 radical (unpaired) electrons. The van der Waals surface area contributed by atoms with Crippen LogP contribution in [-0.2, 0) is 18.9 Å². The summed E-state index contributed by atoms with van der Waals surface area (Å²) < 4.78 is 20.4. The Morgan fingerprint density at radius 1 is 0.256 bits per heavy atom. The molecule has 12 fully saturated rings. The zero-order valence-electron chi connectivity index (χ0n) is 61.2. The van der Waals surface area contributed by atoms with Crippen molar-refractivity contribution in [2.45, 2.75) is 340 Å². The molecule has 6 nitrogen and oxygen atoms in total. The number of nitrogens with zero attached hydrogens (tertiary/aromatic N) is 2. The Kier molecular flexibility index (Phi) is 57.4. The molecule has 0 aromatic rings. The standard InChI is InChI=1S/2C7H14.2C6H12O.2C6H12.2C6H10.2C5H11N.2C5H10O.2C5H10/c2*1-7-5-3-2-4-6-7;2*1-6-2-4-7-5-3-6;6*1-6-4-2-3-5-6;2*1-5-2-3-6-4-5;2*1-5-3-2-4-5/h2*7H,2-6H2,1H3;2*6H,2-5H2,1H3;2*6H,2-5H2,1H3;2*4H,2-3,5H2,1H3;2*2-5H2,1H3;2*5H,2-4H2,1H3;2*5H,2-4H2,1H3/t;;;;;;;;;;2*5-;;/m..........00../s1. The Labute approximate surface area is 541 Å². The van der Waals surface area contributed by atoms with Crippen LogP contribution in [0.1, 0.15) is 340 Å². The fourth-order valence-corrected chi connectivity index (χ4v) is 12.4. The second-order valence-electron chi connectivity index (χ2n) is 30.8. The number of hydrogen-bond donors (Lipinski definition) is 0. The van der Waals surface area contributed by atoms with Crippen LogP contribution in [0.15, 0.2) is 23.3 Å². The highest BCUT2D eigenvalue weighted by Gasteiger charge is 2.13. The van der Waals surface area contributed by atoms with Crippen LogP contribution in [0.4, 0.5) is 0 Å². The molecule has 14 aliphatic rings. The van der Waals surface area contributed by atoms with E-state index in [0.717, 1.165) is 112 Å². The van der Waals surface area contributed by atoms with Crippen LogP contribution in [0.3, 0.4) is 0 Å². The lowest BCUT2D eigenvalue weighted by atomic mass is 9.88. The van der Waals surface area contributed by atoms with Crippen LogP contribution in [0, 0.1) is 59.2 Å². The third kappa shape index (κ3) is 57.2. The summed E-state index contributed by atoms with van der Waals surface area (Å²) in [6.45, 7) is 40.6. The summed E-state index contributed by atoms with van der Waals surface area (Å²) in [6, 6.07) is 0. The van der Waals surface area contributed by atoms with E-state index < -0.39 is 0 Å². The van der Waals surface area contributed by atoms with Crippen molar-refractivity contribution in [3.63, 3.8) is 0 Å². The topological polar surface area (TPSA) is 43.4 Å². The quantitative estimate of drug-likeness (QED) is 0.225. The highest BCUT2D eigenvalue weighted by atomic mass is 16.5. The van der Waals surface area contributed by atoms with Crippen molar-refractivity contribution in [2.75, 3.05) is 93.1 Å². The number of ether oxygens (including phenoxy) is 4. The first-order valence-electron chi connectivity index (χ1n) is 38.5. The molecule has 2 atom stereocenters. The molecule has 14 rings (SSSR count). The molecule has 0 unspecified atom stereocenters. The molecule has 6 aliphatic heterocycles. The van der Waals surface area contributed by atoms with Gasteiger partial charge in [-0.3, -0.25) is 0 Å². The predicted octanol–water partition coefficient (Wildman–Crippen LogP) is 23.8. The van der Waals surface area contributed by atoms with Crippen LogP contribution in [0.2, 0.25) is 0 Å². The summed E-state index contributed by atoms with van der Waals surface area (Å²) in [6.07, 6.45) is 61.7. The second-order valence-corrected chi connectivity index (χ2v) is 30.8. The SMILES string of the molecule is CC1=CCCC1.CC1=CCCC1.CC1CCC1.CC1CCC1.CC1CCCC1.CC1CCCC1.CC1CCCCC1.CC1CCCCC1.CC1CCOCC1.CC1CCOCC1.CN1CCCC1.CN1CCCC1.C[C@H]1CCOC1.C[C@H]1CCOC1. The molecule has 0 aromatic heterocycles. The van der Waals surface area contributed by atoms with Crippen LogP contribution >= 0.6 is 0 Å². The Balaban J connectivity index is 0.000000463. The fourth-order valence-electron chi connectivity index (χ4n) is 12.4. The summed E-state index contributed by atoms with van der Waals surface area (Å²) in [5.74, 6) is 9.76. The zero-order valence-corrected chi connectivity index (χ0v) is 61.2. The van der Waals surface area contributed by atoms with Gasteiger partial charge < -0.3 is 28.7 Å². The van der Waals surface area contributed by atoms with Gasteiger partial charge in [-0.15, -0.1) is 0 Å². The first kappa shape index (κ1) is 83.3. The fraction of sp³-hybridized carbons (Fsp3) is 0.950. The van der Waals surface area contributed by atoms with Crippen molar-refractivity contribution >= 4 is 0 Å². The average molecular weight is 1210 g/mol. The van der Waals surface area contributed by atoms with Crippen molar-refractivity contribution < 1.29 is 18.9 Å². The summed E-state index contributed by atoms with van der Waals surface area (Å²) >= 11 is 0. The van der Waals surface area contributed by atoms with Gasteiger partial charge in [0.05, 0.1) is 0 Å². The molecular formula is C80H158N2O4. The maximum absolute atomic E-state index is 5.14. The third-order valence-corrected chi connectivity index (χ3v) is 20.4. The van der Waals surface area contributed by atoms with E-state index in [1.165, 1.54) is 283 Å². The number of allylic oxidation sites excluding steroid dienone is 4. The normalized spacial score (nSPS) is 26.1. The van der Waals surface area contributed by atoms with E-state index in [1.807, 2.05) is 0 Å². The van der Waals surface area contributed by atoms with Crippen LogP contribution in [0.25, 0.3) is 0 Å². The van der Waals surface area contributed by atoms with Gasteiger partial charge in [0.1, 0.15) is 0 Å². The number of likely N-dealkylation sites (tertiary alicyclic amines) is 2. The summed E-state index contributed by atoms with van der Waals surface area (Å²) in [7, 11) is 4.35. The lowest BCUT2D eigenvalue weighted by Crippen LogP contribution is -2.12. The van der Waals surface area contributed by atoms with Crippen molar-refractivity contribution in [1.82, 2.24) is 9.80 Å². The van der Waals surface area contributed by atoms with E-state index in [-0.39, 0.29) is 0 Å². The van der Waals surface area contributed by atoms with Gasteiger partial charge in [0.2, 0.25) is 0 Å². The zero-order chi connectivity index (χ0) is 63.1. The van der Waals surface area contributed by atoms with Gasteiger partial charge in [-0.2, -0.15) is 0 Å². The maximum Gasteiger partial charge on any atom is 0.0492 e. The first-order chi connectivity index (χ1) is 41.5. The van der Waals surface area contributed by atoms with Gasteiger partial charge in [-0.25, -0.2) is 0 Å². The van der Waals surface area contributed by atoms with Crippen molar-refractivity contribution in [2.24, 2.45) is 59.2 Å². The van der Waals surface area contributed by atoms with Gasteiger partial charge in [-0.05, 0) is 216 Å². The first-order valence-corrected chi connectivity index (χ1v) is 38.5. The lowest BCUT2D eigenvalue weighted by molar-refractivity contribution is 0.0714. The highest BCUT2D eigenvalue weighted by molar-refractivity contribution is 5.03. The highest BCUT2D eigenvalue weighted by Crippen LogP contribution is 2.27. The molecule has 0 bridgehead atoms. The smallest absolute Gasteiger partial charge is 0.0492 e. The van der Waals surface area contributed by atoms with E-state index in [9.17, 15) is 0 Å². The summed E-state index contributed by atoms with van der Waals surface area (Å²) in [5, 5.41) is 0. The average Bonchev–Trinajstić information content (AvgIpc) is 4.34. The number of hydrogen-bond acceptors (Lipinski definition) is 6. The molecule has 8 aliphatic carbocycles. The Morgan fingerprint density at radius 2 is 0.477 bits per heavy atom. The van der Waals surface area contributed by atoms with Crippen LogP contribution < -0.4 is 0 Å². The van der Waals surface area contributed by atoms with Gasteiger partial charge in [-0.1, -0.05) is 247 Å². The molecule has 512 valence electrons. The molecule has 6 saturated heterocycles.